The first-order valence-corrected chi connectivity index (χ1v) is 12.4. The van der Waals surface area contributed by atoms with Crippen molar-refractivity contribution in [3.05, 3.63) is 69.4 Å². The van der Waals surface area contributed by atoms with Crippen molar-refractivity contribution in [2.75, 3.05) is 11.9 Å². The van der Waals surface area contributed by atoms with Gasteiger partial charge in [0.05, 0.1) is 5.69 Å². The Morgan fingerprint density at radius 1 is 1.16 bits per heavy atom. The molecule has 0 saturated carbocycles. The van der Waals surface area contributed by atoms with Crippen molar-refractivity contribution in [1.29, 1.82) is 0 Å². The van der Waals surface area contributed by atoms with E-state index in [1.807, 2.05) is 26.0 Å². The van der Waals surface area contributed by atoms with E-state index in [2.05, 4.69) is 41.4 Å². The topological polar surface area (TPSA) is 89.7 Å². The van der Waals surface area contributed by atoms with Gasteiger partial charge in [-0.2, -0.15) is 13.8 Å². The predicted octanol–water partition coefficient (Wildman–Crippen LogP) is 5.10. The molecule has 10 heteroatoms. The van der Waals surface area contributed by atoms with Gasteiger partial charge >= 0.3 is 6.05 Å². The fraction of sp³-hybridized carbons (Fsp3) is 0.407. The summed E-state index contributed by atoms with van der Waals surface area (Å²) in [6.07, 6.45) is 3.74. The molecule has 3 aromatic heterocycles. The maximum Gasteiger partial charge on any atom is 0.329 e. The second-order valence-electron chi connectivity index (χ2n) is 10.8. The van der Waals surface area contributed by atoms with Crippen molar-refractivity contribution in [3.63, 3.8) is 0 Å². The minimum Gasteiger partial charge on any atom is -0.324 e. The number of benzene rings is 1. The average molecular weight is 508 g/mol. The number of rotatable bonds is 4. The molecule has 37 heavy (non-hydrogen) atoms. The number of halogens is 2. The van der Waals surface area contributed by atoms with Crippen molar-refractivity contribution < 1.29 is 8.78 Å². The molecule has 0 amide bonds. The highest BCUT2D eigenvalue weighted by atomic mass is 19.3. The van der Waals surface area contributed by atoms with Gasteiger partial charge in [-0.1, -0.05) is 20.8 Å². The van der Waals surface area contributed by atoms with Crippen molar-refractivity contribution in [1.82, 2.24) is 29.6 Å². The fourth-order valence-corrected chi connectivity index (χ4v) is 4.89. The summed E-state index contributed by atoms with van der Waals surface area (Å²) in [6, 6.07) is 4.01. The van der Waals surface area contributed by atoms with Crippen LogP contribution in [0.25, 0.3) is 16.7 Å². The largest absolute Gasteiger partial charge is 0.329 e. The van der Waals surface area contributed by atoms with E-state index in [9.17, 15) is 13.6 Å². The zero-order valence-electron chi connectivity index (χ0n) is 21.9. The Hall–Kier alpha value is -3.66. The molecule has 0 atom stereocenters. The quantitative estimate of drug-likeness (QED) is 0.374. The van der Waals surface area contributed by atoms with Crippen LogP contribution in [0, 0.1) is 6.92 Å². The van der Waals surface area contributed by atoms with Gasteiger partial charge in [-0.15, -0.1) is 0 Å². The number of aromatic nitrogens is 5. The number of pyridine rings is 1. The van der Waals surface area contributed by atoms with Gasteiger partial charge in [-0.25, -0.2) is 14.3 Å². The first-order valence-electron chi connectivity index (χ1n) is 12.4. The maximum absolute atomic E-state index is 14.4. The highest BCUT2D eigenvalue weighted by molar-refractivity contribution is 5.77. The predicted molar refractivity (Wildman–Crippen MR) is 140 cm³/mol. The van der Waals surface area contributed by atoms with Crippen LogP contribution in [0.3, 0.4) is 0 Å². The van der Waals surface area contributed by atoms with Crippen LogP contribution in [0.1, 0.15) is 63.0 Å². The summed E-state index contributed by atoms with van der Waals surface area (Å²) >= 11 is 0. The third-order valence-corrected chi connectivity index (χ3v) is 6.60. The first kappa shape index (κ1) is 25.0. The van der Waals surface area contributed by atoms with E-state index in [0.29, 0.717) is 34.3 Å². The number of nitrogens with one attached hydrogen (secondary N) is 2. The molecular formula is C27H31F2N7O. The van der Waals surface area contributed by atoms with Crippen LogP contribution in [0.5, 0.6) is 0 Å². The molecule has 0 radical (unpaired) electrons. The SMILES string of the molecule is Cc1cc(Nc2ncc3c(=O)n(C(C)C)n(-c4ccnc(C(C)(C)C)c4)c3n2)cc2c1C(F)(F)NCC2. The highest BCUT2D eigenvalue weighted by Crippen LogP contribution is 2.36. The van der Waals surface area contributed by atoms with Gasteiger partial charge in [0.25, 0.3) is 5.56 Å². The number of anilines is 2. The summed E-state index contributed by atoms with van der Waals surface area (Å²) in [5.74, 6) is 0.271. The molecule has 5 rings (SSSR count). The zero-order valence-corrected chi connectivity index (χ0v) is 21.9. The van der Waals surface area contributed by atoms with Crippen LogP contribution in [0.4, 0.5) is 20.4 Å². The van der Waals surface area contributed by atoms with Crippen LogP contribution in [-0.2, 0) is 17.9 Å². The summed E-state index contributed by atoms with van der Waals surface area (Å²) in [4.78, 5) is 26.9. The van der Waals surface area contributed by atoms with Crippen LogP contribution in [-0.4, -0.2) is 30.9 Å². The fourth-order valence-electron chi connectivity index (χ4n) is 4.89. The summed E-state index contributed by atoms with van der Waals surface area (Å²) in [5, 5.41) is 5.83. The van der Waals surface area contributed by atoms with Gasteiger partial charge in [-0.3, -0.25) is 15.1 Å². The van der Waals surface area contributed by atoms with E-state index < -0.39 is 6.05 Å². The lowest BCUT2D eigenvalue weighted by Gasteiger charge is -2.28. The van der Waals surface area contributed by atoms with Gasteiger partial charge in [0.1, 0.15) is 5.39 Å². The van der Waals surface area contributed by atoms with E-state index in [-0.39, 0.29) is 35.1 Å². The molecule has 0 bridgehead atoms. The number of aryl methyl sites for hydroxylation is 1. The van der Waals surface area contributed by atoms with Gasteiger partial charge in [0, 0.05) is 47.3 Å². The summed E-state index contributed by atoms with van der Waals surface area (Å²) in [5.41, 5.74) is 3.44. The molecule has 0 saturated heterocycles. The van der Waals surface area contributed by atoms with Crippen LogP contribution in [0.15, 0.2) is 41.5 Å². The monoisotopic (exact) mass is 507 g/mol. The average Bonchev–Trinajstić information content (AvgIpc) is 3.10. The van der Waals surface area contributed by atoms with E-state index in [4.69, 9.17) is 4.98 Å². The highest BCUT2D eigenvalue weighted by Gasteiger charge is 2.38. The molecule has 1 aliphatic rings. The Bertz CT molecular complexity index is 1560. The van der Waals surface area contributed by atoms with E-state index in [1.54, 1.807) is 34.6 Å². The Morgan fingerprint density at radius 3 is 2.62 bits per heavy atom. The van der Waals surface area contributed by atoms with Gasteiger partial charge in [0.15, 0.2) is 5.65 Å². The Balaban J connectivity index is 1.63. The molecule has 0 unspecified atom stereocenters. The van der Waals surface area contributed by atoms with Crippen molar-refractivity contribution >= 4 is 22.7 Å². The normalized spacial score (nSPS) is 15.3. The van der Waals surface area contributed by atoms with Gasteiger partial charge in [0.2, 0.25) is 5.95 Å². The number of alkyl halides is 2. The first-order chi connectivity index (χ1) is 17.4. The summed E-state index contributed by atoms with van der Waals surface area (Å²) in [6.45, 7) is 12.0. The van der Waals surface area contributed by atoms with Crippen LogP contribution < -0.4 is 16.2 Å². The van der Waals surface area contributed by atoms with Crippen molar-refractivity contribution in [3.8, 4) is 5.69 Å². The minimum atomic E-state index is -3.06. The molecule has 2 N–H and O–H groups in total. The van der Waals surface area contributed by atoms with Gasteiger partial charge in [-0.05, 0) is 62.6 Å². The molecule has 8 nitrogen and oxygen atoms in total. The Morgan fingerprint density at radius 2 is 1.92 bits per heavy atom. The molecular weight excluding hydrogens is 476 g/mol. The summed E-state index contributed by atoms with van der Waals surface area (Å²) in [7, 11) is 0. The second kappa shape index (κ2) is 8.72. The molecule has 0 fully saturated rings. The molecule has 194 valence electrons. The molecule has 0 aliphatic carbocycles. The molecule has 4 heterocycles. The number of hydrogen-bond donors (Lipinski definition) is 2. The van der Waals surface area contributed by atoms with E-state index in [0.717, 1.165) is 11.4 Å². The number of hydrogen-bond acceptors (Lipinski definition) is 6. The van der Waals surface area contributed by atoms with Gasteiger partial charge < -0.3 is 5.32 Å². The third kappa shape index (κ3) is 4.39. The maximum atomic E-state index is 14.4. The Labute approximate surface area is 213 Å². The lowest BCUT2D eigenvalue weighted by Crippen LogP contribution is -2.40. The molecule has 4 aromatic rings. The standard InChI is InChI=1S/C27H31F2N7O/c1-15(2)35-24(37)20-14-31-25(33-18-11-16(3)22-17(12-18)7-10-32-27(22,28)29)34-23(20)36(35)19-8-9-30-21(13-19)26(4,5)6/h8-9,11-15,32H,7,10H2,1-6H3,(H,31,33,34). The van der Waals surface area contributed by atoms with E-state index >= 15 is 0 Å². The molecule has 0 spiro atoms. The lowest BCUT2D eigenvalue weighted by atomic mass is 9.91. The van der Waals surface area contributed by atoms with E-state index in [1.165, 1.54) is 6.20 Å². The lowest BCUT2D eigenvalue weighted by molar-refractivity contribution is -0.0473. The second-order valence-corrected chi connectivity index (χ2v) is 10.8. The van der Waals surface area contributed by atoms with Crippen LogP contribution in [0.2, 0.25) is 0 Å². The zero-order chi connectivity index (χ0) is 26.7. The number of nitrogens with zero attached hydrogens (tertiary/aromatic N) is 5. The smallest absolute Gasteiger partial charge is 0.324 e. The number of fused-ring (bicyclic) bond motifs is 2. The molecule has 1 aliphatic heterocycles. The summed E-state index contributed by atoms with van der Waals surface area (Å²) < 4.78 is 32.3. The van der Waals surface area contributed by atoms with Crippen molar-refractivity contribution in [2.45, 2.75) is 65.5 Å². The minimum absolute atomic E-state index is 0.0239. The van der Waals surface area contributed by atoms with Crippen LogP contribution >= 0.6 is 0 Å². The van der Waals surface area contributed by atoms with Crippen molar-refractivity contribution in [2.24, 2.45) is 0 Å². The Kier molecular flexibility index (Phi) is 5.90. The molecule has 1 aromatic carbocycles. The third-order valence-electron chi connectivity index (χ3n) is 6.60.